The average molecular weight is 255 g/mol. The summed E-state index contributed by atoms with van der Waals surface area (Å²) in [6.07, 6.45) is 2.19. The van der Waals surface area contributed by atoms with E-state index in [1.807, 2.05) is 25.7 Å². The molecule has 0 aromatic heterocycles. The molecule has 0 spiro atoms. The predicted molar refractivity (Wildman–Crippen MR) is 75.4 cm³/mol. The topological polar surface area (TPSA) is 49.6 Å². The van der Waals surface area contributed by atoms with Gasteiger partial charge < -0.3 is 10.6 Å². The highest BCUT2D eigenvalue weighted by molar-refractivity contribution is 5.81. The molecule has 1 fully saturated rings. The predicted octanol–water partition coefficient (Wildman–Crippen LogP) is 1.30. The molecule has 2 N–H and O–H groups in total. The molecule has 0 aliphatic carbocycles. The van der Waals surface area contributed by atoms with Crippen molar-refractivity contribution in [3.8, 4) is 0 Å². The maximum atomic E-state index is 12.3. The molecule has 1 atom stereocenters. The van der Waals surface area contributed by atoms with Crippen molar-refractivity contribution >= 4 is 5.91 Å². The van der Waals surface area contributed by atoms with Crippen LogP contribution in [0.2, 0.25) is 0 Å². The van der Waals surface area contributed by atoms with Gasteiger partial charge in [0.25, 0.3) is 0 Å². The van der Waals surface area contributed by atoms with Crippen molar-refractivity contribution in [3.63, 3.8) is 0 Å². The van der Waals surface area contributed by atoms with Crippen molar-refractivity contribution < 1.29 is 4.79 Å². The number of hydrogen-bond acceptors (Lipinski definition) is 3. The van der Waals surface area contributed by atoms with Gasteiger partial charge in [0.2, 0.25) is 5.91 Å². The Balaban J connectivity index is 2.54. The van der Waals surface area contributed by atoms with Gasteiger partial charge in [-0.3, -0.25) is 9.69 Å². The molecule has 1 rings (SSSR count). The maximum absolute atomic E-state index is 12.3. The molecule has 0 radical (unpaired) electrons. The molecule has 1 aliphatic rings. The number of carbonyl (C=O) groups excluding carboxylic acids is 1. The molecule has 1 heterocycles. The number of likely N-dealkylation sites (N-methyl/N-ethyl adjacent to an activating group) is 1. The number of rotatable bonds is 5. The molecule has 0 bridgehead atoms. The summed E-state index contributed by atoms with van der Waals surface area (Å²) in [5, 5.41) is 0. The van der Waals surface area contributed by atoms with Crippen LogP contribution in [-0.4, -0.2) is 54.5 Å². The summed E-state index contributed by atoms with van der Waals surface area (Å²) in [5.41, 5.74) is 6.09. The van der Waals surface area contributed by atoms with Crippen LogP contribution >= 0.6 is 0 Å². The van der Waals surface area contributed by atoms with Gasteiger partial charge in [0, 0.05) is 13.1 Å². The van der Waals surface area contributed by atoms with Crippen LogP contribution in [0.4, 0.5) is 0 Å². The van der Waals surface area contributed by atoms with Gasteiger partial charge in [-0.15, -0.1) is 0 Å². The fourth-order valence-corrected chi connectivity index (χ4v) is 2.61. The Kier molecular flexibility index (Phi) is 5.60. The Morgan fingerprint density at radius 3 is 2.22 bits per heavy atom. The highest BCUT2D eigenvalue weighted by Gasteiger charge is 2.33. The van der Waals surface area contributed by atoms with Crippen LogP contribution in [0.25, 0.3) is 0 Å². The highest BCUT2D eigenvalue weighted by Crippen LogP contribution is 2.30. The lowest BCUT2D eigenvalue weighted by molar-refractivity contribution is -0.136. The summed E-state index contributed by atoms with van der Waals surface area (Å²) in [6, 6.07) is 0.00669. The fraction of sp³-hybridized carbons (Fsp3) is 0.929. The first kappa shape index (κ1) is 15.4. The van der Waals surface area contributed by atoms with E-state index in [0.717, 1.165) is 45.6 Å². The number of nitrogens with two attached hydrogens (primary N) is 1. The van der Waals surface area contributed by atoms with Gasteiger partial charge in [-0.25, -0.2) is 0 Å². The van der Waals surface area contributed by atoms with Crippen molar-refractivity contribution in [2.45, 2.75) is 46.6 Å². The van der Waals surface area contributed by atoms with E-state index in [1.54, 1.807) is 0 Å². The zero-order valence-corrected chi connectivity index (χ0v) is 12.4. The van der Waals surface area contributed by atoms with Gasteiger partial charge in [0.05, 0.1) is 6.04 Å². The van der Waals surface area contributed by atoms with Crippen LogP contribution in [-0.2, 0) is 4.79 Å². The standard InChI is InChI=1S/C14H29N3O/c1-5-16(6-2)13(18)12(3)17-9-7-14(4,11-15)8-10-17/h12H,5-11,15H2,1-4H3. The van der Waals surface area contributed by atoms with E-state index in [-0.39, 0.29) is 17.4 Å². The second kappa shape index (κ2) is 6.53. The van der Waals surface area contributed by atoms with Gasteiger partial charge in [0.15, 0.2) is 0 Å². The minimum Gasteiger partial charge on any atom is -0.342 e. The molecule has 1 unspecified atom stereocenters. The van der Waals surface area contributed by atoms with Crippen LogP contribution in [0.1, 0.15) is 40.5 Å². The molecular weight excluding hydrogens is 226 g/mol. The molecular formula is C14H29N3O. The Morgan fingerprint density at radius 2 is 1.83 bits per heavy atom. The molecule has 1 saturated heterocycles. The Labute approximate surface area is 111 Å². The van der Waals surface area contributed by atoms with Gasteiger partial charge in [-0.05, 0) is 58.7 Å². The first-order valence-corrected chi connectivity index (χ1v) is 7.20. The second-order valence-corrected chi connectivity index (χ2v) is 5.74. The van der Waals surface area contributed by atoms with E-state index in [0.29, 0.717) is 0 Å². The van der Waals surface area contributed by atoms with E-state index in [1.165, 1.54) is 0 Å². The fourth-order valence-electron chi connectivity index (χ4n) is 2.61. The van der Waals surface area contributed by atoms with Crippen LogP contribution in [0, 0.1) is 5.41 Å². The molecule has 1 amide bonds. The second-order valence-electron chi connectivity index (χ2n) is 5.74. The van der Waals surface area contributed by atoms with Gasteiger partial charge in [-0.1, -0.05) is 6.92 Å². The SMILES string of the molecule is CCN(CC)C(=O)C(C)N1CCC(C)(CN)CC1. The zero-order chi connectivity index (χ0) is 13.8. The first-order chi connectivity index (χ1) is 8.47. The lowest BCUT2D eigenvalue weighted by Gasteiger charge is -2.41. The summed E-state index contributed by atoms with van der Waals surface area (Å²) in [5.74, 6) is 0.261. The number of likely N-dealkylation sites (tertiary alicyclic amines) is 1. The van der Waals surface area contributed by atoms with Crippen molar-refractivity contribution in [1.29, 1.82) is 0 Å². The smallest absolute Gasteiger partial charge is 0.239 e. The monoisotopic (exact) mass is 255 g/mol. The Bertz CT molecular complexity index is 268. The van der Waals surface area contributed by atoms with E-state index in [4.69, 9.17) is 5.73 Å². The van der Waals surface area contributed by atoms with E-state index in [2.05, 4.69) is 11.8 Å². The molecule has 0 saturated carbocycles. The number of hydrogen-bond donors (Lipinski definition) is 1. The van der Waals surface area contributed by atoms with Crippen LogP contribution in [0.15, 0.2) is 0 Å². The third-order valence-corrected chi connectivity index (χ3v) is 4.48. The number of carbonyl (C=O) groups is 1. The highest BCUT2D eigenvalue weighted by atomic mass is 16.2. The minimum absolute atomic E-state index is 0.00669. The minimum atomic E-state index is 0.00669. The summed E-state index contributed by atoms with van der Waals surface area (Å²) in [6.45, 7) is 12.7. The van der Waals surface area contributed by atoms with Gasteiger partial charge in [-0.2, -0.15) is 0 Å². The van der Waals surface area contributed by atoms with Crippen LogP contribution in [0.5, 0.6) is 0 Å². The number of nitrogens with zero attached hydrogens (tertiary/aromatic N) is 2. The Morgan fingerprint density at radius 1 is 1.33 bits per heavy atom. The molecule has 106 valence electrons. The van der Waals surface area contributed by atoms with Crippen molar-refractivity contribution in [2.24, 2.45) is 11.1 Å². The maximum Gasteiger partial charge on any atom is 0.239 e. The molecule has 1 aliphatic heterocycles. The van der Waals surface area contributed by atoms with Crippen molar-refractivity contribution in [2.75, 3.05) is 32.7 Å². The summed E-state index contributed by atoms with van der Waals surface area (Å²) >= 11 is 0. The van der Waals surface area contributed by atoms with E-state index < -0.39 is 0 Å². The van der Waals surface area contributed by atoms with E-state index >= 15 is 0 Å². The Hall–Kier alpha value is -0.610. The number of piperidine rings is 1. The van der Waals surface area contributed by atoms with E-state index in [9.17, 15) is 4.79 Å². The summed E-state index contributed by atoms with van der Waals surface area (Å²) in [7, 11) is 0. The molecule has 0 aromatic rings. The first-order valence-electron chi connectivity index (χ1n) is 7.20. The van der Waals surface area contributed by atoms with Crippen LogP contribution in [0.3, 0.4) is 0 Å². The summed E-state index contributed by atoms with van der Waals surface area (Å²) in [4.78, 5) is 16.5. The molecule has 4 nitrogen and oxygen atoms in total. The molecule has 18 heavy (non-hydrogen) atoms. The zero-order valence-electron chi connectivity index (χ0n) is 12.4. The normalized spacial score (nSPS) is 21.6. The lowest BCUT2D eigenvalue weighted by atomic mass is 9.80. The van der Waals surface area contributed by atoms with Gasteiger partial charge in [0.1, 0.15) is 0 Å². The van der Waals surface area contributed by atoms with Crippen molar-refractivity contribution in [3.05, 3.63) is 0 Å². The molecule has 4 heteroatoms. The summed E-state index contributed by atoms with van der Waals surface area (Å²) < 4.78 is 0. The number of amides is 1. The average Bonchev–Trinajstić information content (AvgIpc) is 2.40. The lowest BCUT2D eigenvalue weighted by Crippen LogP contribution is -2.51. The van der Waals surface area contributed by atoms with Gasteiger partial charge >= 0.3 is 0 Å². The third kappa shape index (κ3) is 3.45. The quantitative estimate of drug-likeness (QED) is 0.805. The van der Waals surface area contributed by atoms with Crippen molar-refractivity contribution in [1.82, 2.24) is 9.80 Å². The third-order valence-electron chi connectivity index (χ3n) is 4.48. The molecule has 0 aromatic carbocycles. The largest absolute Gasteiger partial charge is 0.342 e. The van der Waals surface area contributed by atoms with Crippen LogP contribution < -0.4 is 5.73 Å².